The number of methoxy groups -OCH3 is 1. The fourth-order valence-corrected chi connectivity index (χ4v) is 2.06. The van der Waals surface area contributed by atoms with Gasteiger partial charge in [-0.3, -0.25) is 4.79 Å². The summed E-state index contributed by atoms with van der Waals surface area (Å²) in [5.41, 5.74) is 0.987. The molecule has 0 amide bonds. The van der Waals surface area contributed by atoms with Gasteiger partial charge in [0, 0.05) is 13.0 Å². The maximum Gasteiger partial charge on any atom is 0.313 e. The first-order valence-corrected chi connectivity index (χ1v) is 5.61. The van der Waals surface area contributed by atoms with Crippen LogP contribution < -0.4 is 0 Å². The summed E-state index contributed by atoms with van der Waals surface area (Å²) in [6.07, 6.45) is 0. The molecule has 0 N–H and O–H groups in total. The molecule has 0 aromatic heterocycles. The molecule has 0 bridgehead atoms. The fourth-order valence-electron chi connectivity index (χ4n) is 2.06. The molecule has 2 rings (SSSR count). The zero-order valence-corrected chi connectivity index (χ0v) is 9.80. The number of hydrogen-bond acceptors (Lipinski definition) is 4. The second-order valence-corrected chi connectivity index (χ2v) is 4.06. The monoisotopic (exact) mass is 236 g/mol. The zero-order chi connectivity index (χ0) is 12.1. The Bertz CT molecular complexity index is 363. The number of carbonyl (C=O) groups is 1. The summed E-state index contributed by atoms with van der Waals surface area (Å²) in [5, 5.41) is 0. The third-order valence-electron chi connectivity index (χ3n) is 2.86. The Morgan fingerprint density at radius 1 is 1.35 bits per heavy atom. The van der Waals surface area contributed by atoms with E-state index >= 15 is 0 Å². The molecule has 1 saturated heterocycles. The van der Waals surface area contributed by atoms with Crippen LogP contribution in [0.2, 0.25) is 0 Å². The average Bonchev–Trinajstić information content (AvgIpc) is 2.72. The molecule has 1 aromatic rings. The van der Waals surface area contributed by atoms with Crippen LogP contribution in [0.4, 0.5) is 0 Å². The average molecular weight is 236 g/mol. The molecule has 1 fully saturated rings. The Labute approximate surface area is 100 Å². The van der Waals surface area contributed by atoms with Crippen LogP contribution in [0.1, 0.15) is 11.5 Å². The van der Waals surface area contributed by atoms with Crippen molar-refractivity contribution in [3.05, 3.63) is 35.9 Å². The molecular formula is C13H16O4. The standard InChI is InChI=1S/C13H16O4/c1-15-9-16-7-11-8-17-13(14)12(11)10-5-3-2-4-6-10/h2-6,11-12H,7-9H2,1H3. The predicted octanol–water partition coefficient (Wildman–Crippen LogP) is 1.56. The van der Waals surface area contributed by atoms with Crippen molar-refractivity contribution in [1.82, 2.24) is 0 Å². The zero-order valence-electron chi connectivity index (χ0n) is 9.80. The minimum absolute atomic E-state index is 0.0695. The summed E-state index contributed by atoms with van der Waals surface area (Å²) in [7, 11) is 1.57. The lowest BCUT2D eigenvalue weighted by Crippen LogP contribution is -2.19. The van der Waals surface area contributed by atoms with Crippen LogP contribution in [-0.4, -0.2) is 33.1 Å². The lowest BCUT2D eigenvalue weighted by Gasteiger charge is -2.15. The normalized spacial score (nSPS) is 23.7. The van der Waals surface area contributed by atoms with Crippen molar-refractivity contribution in [1.29, 1.82) is 0 Å². The minimum atomic E-state index is -0.215. The Kier molecular flexibility index (Phi) is 4.12. The van der Waals surface area contributed by atoms with E-state index in [9.17, 15) is 4.79 Å². The van der Waals surface area contributed by atoms with Gasteiger partial charge in [0.05, 0.1) is 19.1 Å². The quantitative estimate of drug-likeness (QED) is 0.442. The summed E-state index contributed by atoms with van der Waals surface area (Å²) in [6.45, 7) is 1.13. The van der Waals surface area contributed by atoms with Crippen LogP contribution in [0.5, 0.6) is 0 Å². The molecule has 0 aliphatic carbocycles. The SMILES string of the molecule is COCOCC1COC(=O)C1c1ccccc1. The summed E-state index contributed by atoms with van der Waals surface area (Å²) in [4.78, 5) is 11.7. The molecule has 0 saturated carbocycles. The van der Waals surface area contributed by atoms with Crippen molar-refractivity contribution in [2.45, 2.75) is 5.92 Å². The second-order valence-electron chi connectivity index (χ2n) is 4.06. The summed E-state index contributed by atoms with van der Waals surface area (Å²) in [6, 6.07) is 9.67. The lowest BCUT2D eigenvalue weighted by atomic mass is 9.89. The van der Waals surface area contributed by atoms with Crippen LogP contribution in [0.3, 0.4) is 0 Å². The van der Waals surface area contributed by atoms with Crippen LogP contribution in [0.25, 0.3) is 0 Å². The van der Waals surface area contributed by atoms with Gasteiger partial charge in [-0.15, -0.1) is 0 Å². The molecule has 1 aromatic carbocycles. The van der Waals surface area contributed by atoms with Crippen molar-refractivity contribution in [2.24, 2.45) is 5.92 Å². The molecule has 0 spiro atoms. The molecule has 1 aliphatic rings. The molecule has 0 radical (unpaired) electrons. The molecule has 1 aliphatic heterocycles. The first-order chi connectivity index (χ1) is 8.33. The molecule has 2 unspecified atom stereocenters. The fraction of sp³-hybridized carbons (Fsp3) is 0.462. The first-order valence-electron chi connectivity index (χ1n) is 5.61. The van der Waals surface area contributed by atoms with Gasteiger partial charge in [0.1, 0.15) is 6.79 Å². The van der Waals surface area contributed by atoms with Gasteiger partial charge in [-0.1, -0.05) is 30.3 Å². The number of hydrogen-bond donors (Lipinski definition) is 0. The van der Waals surface area contributed by atoms with Crippen LogP contribution in [-0.2, 0) is 19.0 Å². The second kappa shape index (κ2) is 5.80. The smallest absolute Gasteiger partial charge is 0.313 e. The van der Waals surface area contributed by atoms with E-state index in [2.05, 4.69) is 0 Å². The molecule has 1 heterocycles. The van der Waals surface area contributed by atoms with Crippen LogP contribution >= 0.6 is 0 Å². The molecule has 92 valence electrons. The van der Waals surface area contributed by atoms with E-state index in [1.54, 1.807) is 7.11 Å². The van der Waals surface area contributed by atoms with Gasteiger partial charge in [-0.2, -0.15) is 0 Å². The Balaban J connectivity index is 2.04. The maximum absolute atomic E-state index is 11.7. The number of ether oxygens (including phenoxy) is 3. The van der Waals surface area contributed by atoms with E-state index in [1.165, 1.54) is 0 Å². The van der Waals surface area contributed by atoms with Crippen molar-refractivity contribution < 1.29 is 19.0 Å². The molecular weight excluding hydrogens is 220 g/mol. The summed E-state index contributed by atoms with van der Waals surface area (Å²) >= 11 is 0. The number of esters is 1. The van der Waals surface area contributed by atoms with Crippen molar-refractivity contribution in [3.63, 3.8) is 0 Å². The third kappa shape index (κ3) is 2.84. The van der Waals surface area contributed by atoms with Crippen LogP contribution in [0, 0.1) is 5.92 Å². The maximum atomic E-state index is 11.7. The van der Waals surface area contributed by atoms with Gasteiger partial charge < -0.3 is 14.2 Å². The highest BCUT2D eigenvalue weighted by Gasteiger charge is 2.37. The number of rotatable bonds is 5. The minimum Gasteiger partial charge on any atom is -0.465 e. The van der Waals surface area contributed by atoms with Crippen molar-refractivity contribution >= 4 is 5.97 Å². The van der Waals surface area contributed by atoms with E-state index in [0.717, 1.165) is 5.56 Å². The summed E-state index contributed by atoms with van der Waals surface area (Å²) < 4.78 is 15.2. The van der Waals surface area contributed by atoms with Crippen molar-refractivity contribution in [2.75, 3.05) is 27.1 Å². The topological polar surface area (TPSA) is 44.8 Å². The van der Waals surface area contributed by atoms with E-state index in [0.29, 0.717) is 13.2 Å². The van der Waals surface area contributed by atoms with E-state index in [4.69, 9.17) is 14.2 Å². The highest BCUT2D eigenvalue weighted by molar-refractivity contribution is 5.80. The number of benzene rings is 1. The third-order valence-corrected chi connectivity index (χ3v) is 2.86. The molecule has 2 atom stereocenters. The Hall–Kier alpha value is -1.39. The highest BCUT2D eigenvalue weighted by Crippen LogP contribution is 2.32. The number of cyclic esters (lactones) is 1. The van der Waals surface area contributed by atoms with E-state index < -0.39 is 0 Å². The molecule has 4 nitrogen and oxygen atoms in total. The largest absolute Gasteiger partial charge is 0.465 e. The van der Waals surface area contributed by atoms with Gasteiger partial charge in [0.25, 0.3) is 0 Å². The predicted molar refractivity (Wildman–Crippen MR) is 61.5 cm³/mol. The Morgan fingerprint density at radius 2 is 2.12 bits per heavy atom. The molecule has 17 heavy (non-hydrogen) atoms. The molecule has 4 heteroatoms. The lowest BCUT2D eigenvalue weighted by molar-refractivity contribution is -0.139. The van der Waals surface area contributed by atoms with Gasteiger partial charge >= 0.3 is 5.97 Å². The van der Waals surface area contributed by atoms with E-state index in [1.807, 2.05) is 30.3 Å². The van der Waals surface area contributed by atoms with Crippen LogP contribution in [0.15, 0.2) is 30.3 Å². The van der Waals surface area contributed by atoms with Gasteiger partial charge in [-0.05, 0) is 5.56 Å². The highest BCUT2D eigenvalue weighted by atomic mass is 16.7. The van der Waals surface area contributed by atoms with E-state index in [-0.39, 0.29) is 24.6 Å². The van der Waals surface area contributed by atoms with Gasteiger partial charge in [-0.25, -0.2) is 0 Å². The van der Waals surface area contributed by atoms with Gasteiger partial charge in [0.2, 0.25) is 0 Å². The summed E-state index contributed by atoms with van der Waals surface area (Å²) in [5.74, 6) is -0.310. The Morgan fingerprint density at radius 3 is 2.82 bits per heavy atom. The van der Waals surface area contributed by atoms with Crippen molar-refractivity contribution in [3.8, 4) is 0 Å². The number of carbonyl (C=O) groups excluding carboxylic acids is 1. The first kappa shape index (κ1) is 12.1. The van der Waals surface area contributed by atoms with Gasteiger partial charge in [0.15, 0.2) is 0 Å².